The molecule has 0 unspecified atom stereocenters. The number of hydrogen-bond acceptors (Lipinski definition) is 8. The molecular formula is C21H26FN3O7. The van der Waals surface area contributed by atoms with E-state index in [1.54, 1.807) is 15.5 Å². The van der Waals surface area contributed by atoms with Gasteiger partial charge in [-0.05, 0) is 25.0 Å². The molecule has 10 nitrogen and oxygen atoms in total. The second-order valence-electron chi connectivity index (χ2n) is 8.32. The molecule has 1 aliphatic carbocycles. The summed E-state index contributed by atoms with van der Waals surface area (Å²) in [6.07, 6.45) is 1.49. The molecule has 2 fully saturated rings. The molecule has 2 heterocycles. The van der Waals surface area contributed by atoms with Gasteiger partial charge in [-0.3, -0.25) is 9.69 Å². The van der Waals surface area contributed by atoms with E-state index in [1.807, 2.05) is 4.90 Å². The van der Waals surface area contributed by atoms with Crippen LogP contribution in [-0.2, 0) is 0 Å². The van der Waals surface area contributed by atoms with Gasteiger partial charge in [0.25, 0.3) is 0 Å². The lowest BCUT2D eigenvalue weighted by molar-refractivity contribution is -0.0498. The number of piperazine rings is 1. The van der Waals surface area contributed by atoms with Crippen molar-refractivity contribution in [2.75, 3.05) is 50.9 Å². The summed E-state index contributed by atoms with van der Waals surface area (Å²) in [4.78, 5) is 27.2. The Labute approximate surface area is 182 Å². The number of benzene rings is 1. The lowest BCUT2D eigenvalue weighted by Gasteiger charge is -2.45. The van der Waals surface area contributed by atoms with Crippen LogP contribution in [0.3, 0.4) is 0 Å². The number of aliphatic hydroxyl groups excluding tert-OH is 3. The van der Waals surface area contributed by atoms with E-state index in [9.17, 15) is 24.9 Å². The topological polar surface area (TPSA) is 136 Å². The Morgan fingerprint density at radius 2 is 1.72 bits per heavy atom. The van der Waals surface area contributed by atoms with E-state index in [2.05, 4.69) is 4.74 Å². The summed E-state index contributed by atoms with van der Waals surface area (Å²) in [7, 11) is 0. The monoisotopic (exact) mass is 451 g/mol. The zero-order chi connectivity index (χ0) is 23.0. The number of nitrogens with zero attached hydrogens (tertiary/aromatic N) is 3. The minimum Gasteiger partial charge on any atom is -0.449 e. The standard InChI is InChI=1S/C21H26FN3O7/c22-15-7-14-16(25(13-1-2-13)9-18(19(14)29)32-20(30)31)8-17(15)23-3-5-24(6-4-23)21(10-26,11-27)12-28/h7-9,13,26-28H,1-6,10-12H2,(H,30,31). The zero-order valence-electron chi connectivity index (χ0n) is 17.4. The van der Waals surface area contributed by atoms with Crippen molar-refractivity contribution in [3.8, 4) is 5.75 Å². The first kappa shape index (κ1) is 22.5. The van der Waals surface area contributed by atoms with Crippen LogP contribution in [-0.4, -0.2) is 87.6 Å². The Balaban J connectivity index is 1.68. The average Bonchev–Trinajstić information content (AvgIpc) is 3.63. The quantitative estimate of drug-likeness (QED) is 0.440. The van der Waals surface area contributed by atoms with Crippen LogP contribution < -0.4 is 15.1 Å². The van der Waals surface area contributed by atoms with Gasteiger partial charge in [0.15, 0.2) is 5.75 Å². The van der Waals surface area contributed by atoms with Crippen molar-refractivity contribution >= 4 is 22.7 Å². The van der Waals surface area contributed by atoms with E-state index in [1.165, 1.54) is 6.20 Å². The second kappa shape index (κ2) is 8.66. The maximum absolute atomic E-state index is 15.1. The van der Waals surface area contributed by atoms with Crippen molar-refractivity contribution in [1.82, 2.24) is 9.47 Å². The van der Waals surface area contributed by atoms with Gasteiger partial charge in [-0.15, -0.1) is 0 Å². The number of halogens is 1. The first-order valence-electron chi connectivity index (χ1n) is 10.5. The highest BCUT2D eigenvalue weighted by Crippen LogP contribution is 2.39. The molecule has 0 radical (unpaired) electrons. The fraction of sp³-hybridized carbons (Fsp3) is 0.524. The van der Waals surface area contributed by atoms with Crippen LogP contribution in [0.25, 0.3) is 10.9 Å². The van der Waals surface area contributed by atoms with E-state index in [0.717, 1.165) is 18.9 Å². The van der Waals surface area contributed by atoms with Gasteiger partial charge in [-0.1, -0.05) is 0 Å². The molecule has 0 bridgehead atoms. The van der Waals surface area contributed by atoms with Crippen LogP contribution in [0.2, 0.25) is 0 Å². The Morgan fingerprint density at radius 1 is 1.09 bits per heavy atom. The summed E-state index contributed by atoms with van der Waals surface area (Å²) < 4.78 is 21.5. The van der Waals surface area contributed by atoms with Crippen LogP contribution in [0, 0.1) is 5.82 Å². The Morgan fingerprint density at radius 3 is 2.25 bits per heavy atom. The third-order valence-corrected chi connectivity index (χ3v) is 6.38. The molecule has 0 atom stereocenters. The van der Waals surface area contributed by atoms with Crippen molar-refractivity contribution in [3.63, 3.8) is 0 Å². The molecule has 2 aromatic rings. The molecule has 174 valence electrons. The van der Waals surface area contributed by atoms with Gasteiger partial charge in [0.2, 0.25) is 5.43 Å². The van der Waals surface area contributed by atoms with Crippen molar-refractivity contribution < 1.29 is 34.3 Å². The average molecular weight is 451 g/mol. The van der Waals surface area contributed by atoms with E-state index in [4.69, 9.17) is 5.11 Å². The lowest BCUT2D eigenvalue weighted by atomic mass is 9.99. The number of pyridine rings is 1. The minimum atomic E-state index is -1.61. The number of aliphatic hydroxyl groups is 3. The highest BCUT2D eigenvalue weighted by Gasteiger charge is 2.37. The largest absolute Gasteiger partial charge is 0.511 e. The summed E-state index contributed by atoms with van der Waals surface area (Å²) in [6, 6.07) is 2.80. The number of carbonyl (C=O) groups is 1. The predicted octanol–water partition coefficient (Wildman–Crippen LogP) is 0.370. The Bertz CT molecular complexity index is 1060. The lowest BCUT2D eigenvalue weighted by Crippen LogP contribution is -2.62. The van der Waals surface area contributed by atoms with E-state index < -0.39 is 42.8 Å². The van der Waals surface area contributed by atoms with Crippen LogP contribution in [0.1, 0.15) is 18.9 Å². The summed E-state index contributed by atoms with van der Waals surface area (Å²) in [5.74, 6) is -0.971. The fourth-order valence-corrected chi connectivity index (χ4v) is 4.27. The third kappa shape index (κ3) is 3.92. The van der Waals surface area contributed by atoms with Crippen molar-refractivity contribution in [3.05, 3.63) is 34.4 Å². The highest BCUT2D eigenvalue weighted by molar-refractivity contribution is 5.85. The van der Waals surface area contributed by atoms with Gasteiger partial charge >= 0.3 is 6.16 Å². The van der Waals surface area contributed by atoms with E-state index in [0.29, 0.717) is 37.4 Å². The molecule has 1 aliphatic heterocycles. The molecule has 1 saturated carbocycles. The van der Waals surface area contributed by atoms with Gasteiger partial charge in [-0.2, -0.15) is 0 Å². The summed E-state index contributed by atoms with van der Waals surface area (Å²) in [5, 5.41) is 37.9. The van der Waals surface area contributed by atoms with Gasteiger partial charge in [0, 0.05) is 32.2 Å². The van der Waals surface area contributed by atoms with Crippen molar-refractivity contribution in [2.45, 2.75) is 24.4 Å². The smallest absolute Gasteiger partial charge is 0.449 e. The predicted molar refractivity (Wildman–Crippen MR) is 113 cm³/mol. The number of aromatic nitrogens is 1. The zero-order valence-corrected chi connectivity index (χ0v) is 17.4. The number of anilines is 1. The summed E-state index contributed by atoms with van der Waals surface area (Å²) in [5.41, 5.74) is -1.01. The number of fused-ring (bicyclic) bond motifs is 1. The van der Waals surface area contributed by atoms with E-state index in [-0.39, 0.29) is 17.2 Å². The number of ether oxygens (including phenoxy) is 1. The maximum Gasteiger partial charge on any atom is 0.511 e. The van der Waals surface area contributed by atoms with Gasteiger partial charge < -0.3 is 34.6 Å². The number of carboxylic acid groups (broad SMARTS) is 1. The molecule has 32 heavy (non-hydrogen) atoms. The summed E-state index contributed by atoms with van der Waals surface area (Å²) >= 11 is 0. The molecule has 11 heteroatoms. The molecular weight excluding hydrogens is 425 g/mol. The number of rotatable bonds is 7. The SMILES string of the molecule is O=C(O)Oc1cn(C2CC2)c2cc(N3CCN(C(CO)(CO)CO)CC3)c(F)cc2c1=O. The Hall–Kier alpha value is -2.73. The maximum atomic E-state index is 15.1. The highest BCUT2D eigenvalue weighted by atomic mass is 19.1. The van der Waals surface area contributed by atoms with Crippen molar-refractivity contribution in [1.29, 1.82) is 0 Å². The molecule has 1 aromatic heterocycles. The first-order chi connectivity index (χ1) is 15.3. The minimum absolute atomic E-state index is 0.0513. The van der Waals surface area contributed by atoms with Crippen LogP contribution in [0.4, 0.5) is 14.9 Å². The molecule has 1 aromatic carbocycles. The molecule has 0 amide bonds. The normalized spacial score (nSPS) is 17.7. The number of hydrogen-bond donors (Lipinski definition) is 4. The molecule has 4 N–H and O–H groups in total. The van der Waals surface area contributed by atoms with Crippen LogP contribution in [0.5, 0.6) is 5.75 Å². The Kier molecular flexibility index (Phi) is 6.08. The molecule has 1 saturated heterocycles. The first-order valence-corrected chi connectivity index (χ1v) is 10.5. The molecule has 4 rings (SSSR count). The molecule has 0 spiro atoms. The fourth-order valence-electron chi connectivity index (χ4n) is 4.27. The summed E-state index contributed by atoms with van der Waals surface area (Å²) in [6.45, 7) is 0.340. The van der Waals surface area contributed by atoms with Gasteiger partial charge in [-0.25, -0.2) is 9.18 Å². The van der Waals surface area contributed by atoms with E-state index >= 15 is 4.39 Å². The van der Waals surface area contributed by atoms with Gasteiger partial charge in [0.05, 0.1) is 48.1 Å². The molecule has 2 aliphatic rings. The van der Waals surface area contributed by atoms with Crippen LogP contribution in [0.15, 0.2) is 23.1 Å². The van der Waals surface area contributed by atoms with Gasteiger partial charge in [0.1, 0.15) is 5.82 Å². The van der Waals surface area contributed by atoms with Crippen molar-refractivity contribution in [2.24, 2.45) is 0 Å². The second-order valence-corrected chi connectivity index (χ2v) is 8.32. The third-order valence-electron chi connectivity index (χ3n) is 6.38. The van der Waals surface area contributed by atoms with Crippen LogP contribution >= 0.6 is 0 Å².